The van der Waals surface area contributed by atoms with E-state index < -0.39 is 0 Å². The zero-order chi connectivity index (χ0) is 24.5. The standard InChI is InChI=1S/C25H29N3O6/c1-17-22(12-13-29)25(31)28(15-24(30)26-14-18-4-6-19(32-2)7-5-18)23(27-17)16-34-21-10-8-20(33-3)9-11-21/h4-11,29H,12-16H2,1-3H3,(H,26,30). The molecule has 1 heterocycles. The maximum atomic E-state index is 13.1. The lowest BCUT2D eigenvalue weighted by molar-refractivity contribution is -0.121. The van der Waals surface area contributed by atoms with E-state index in [1.165, 1.54) is 4.57 Å². The van der Waals surface area contributed by atoms with E-state index in [2.05, 4.69) is 10.3 Å². The number of aliphatic hydroxyl groups is 1. The van der Waals surface area contributed by atoms with Gasteiger partial charge in [0.2, 0.25) is 5.91 Å². The van der Waals surface area contributed by atoms with Gasteiger partial charge in [-0.25, -0.2) is 4.98 Å². The zero-order valence-electron chi connectivity index (χ0n) is 19.5. The van der Waals surface area contributed by atoms with Crippen molar-refractivity contribution in [3.8, 4) is 17.2 Å². The number of rotatable bonds is 11. The van der Waals surface area contributed by atoms with E-state index in [0.29, 0.717) is 35.1 Å². The maximum absolute atomic E-state index is 13.1. The molecule has 1 aromatic heterocycles. The lowest BCUT2D eigenvalue weighted by atomic mass is 10.1. The molecule has 0 unspecified atom stereocenters. The van der Waals surface area contributed by atoms with Gasteiger partial charge < -0.3 is 24.6 Å². The summed E-state index contributed by atoms with van der Waals surface area (Å²) in [6.45, 7) is 1.59. The highest BCUT2D eigenvalue weighted by molar-refractivity contribution is 5.75. The highest BCUT2D eigenvalue weighted by atomic mass is 16.5. The van der Waals surface area contributed by atoms with Gasteiger partial charge in [0.1, 0.15) is 36.2 Å². The Hall–Kier alpha value is -3.85. The number of amides is 1. The largest absolute Gasteiger partial charge is 0.497 e. The number of aryl methyl sites for hydroxylation is 1. The smallest absolute Gasteiger partial charge is 0.257 e. The van der Waals surface area contributed by atoms with Crippen LogP contribution in [0.5, 0.6) is 17.2 Å². The van der Waals surface area contributed by atoms with Crippen LogP contribution in [0.3, 0.4) is 0 Å². The number of hydrogen-bond acceptors (Lipinski definition) is 7. The van der Waals surface area contributed by atoms with E-state index >= 15 is 0 Å². The highest BCUT2D eigenvalue weighted by Gasteiger charge is 2.17. The summed E-state index contributed by atoms with van der Waals surface area (Å²) in [4.78, 5) is 30.3. The van der Waals surface area contributed by atoms with Gasteiger partial charge in [0.15, 0.2) is 0 Å². The quantitative estimate of drug-likeness (QED) is 0.444. The molecule has 0 fully saturated rings. The Bertz CT molecular complexity index is 1160. The predicted octanol–water partition coefficient (Wildman–Crippen LogP) is 2.00. The van der Waals surface area contributed by atoms with Crippen LogP contribution in [0.15, 0.2) is 53.3 Å². The van der Waals surface area contributed by atoms with Gasteiger partial charge in [-0.2, -0.15) is 0 Å². The number of hydrogen-bond donors (Lipinski definition) is 2. The maximum Gasteiger partial charge on any atom is 0.257 e. The van der Waals surface area contributed by atoms with Crippen molar-refractivity contribution in [1.29, 1.82) is 0 Å². The van der Waals surface area contributed by atoms with Gasteiger partial charge in [-0.05, 0) is 48.9 Å². The van der Waals surface area contributed by atoms with Crippen molar-refractivity contribution in [2.75, 3.05) is 20.8 Å². The van der Waals surface area contributed by atoms with E-state index in [0.717, 1.165) is 11.3 Å². The summed E-state index contributed by atoms with van der Waals surface area (Å²) in [5.74, 6) is 1.97. The Labute approximate surface area is 197 Å². The number of nitrogens with zero attached hydrogens (tertiary/aromatic N) is 2. The number of carbonyl (C=O) groups excluding carboxylic acids is 1. The normalized spacial score (nSPS) is 10.6. The van der Waals surface area contributed by atoms with Crippen LogP contribution >= 0.6 is 0 Å². The minimum absolute atomic E-state index is 0.00638. The monoisotopic (exact) mass is 467 g/mol. The van der Waals surface area contributed by atoms with Gasteiger partial charge in [-0.1, -0.05) is 12.1 Å². The molecule has 0 aliphatic heterocycles. The number of aliphatic hydroxyl groups excluding tert-OH is 1. The molecule has 0 saturated carbocycles. The SMILES string of the molecule is COc1ccc(CNC(=O)Cn2c(COc3ccc(OC)cc3)nc(C)c(CCO)c2=O)cc1. The fraction of sp³-hybridized carbons (Fsp3) is 0.320. The van der Waals surface area contributed by atoms with Crippen molar-refractivity contribution in [1.82, 2.24) is 14.9 Å². The van der Waals surface area contributed by atoms with Crippen molar-refractivity contribution < 1.29 is 24.1 Å². The van der Waals surface area contributed by atoms with Crippen LogP contribution in [0.2, 0.25) is 0 Å². The molecule has 0 bridgehead atoms. The Morgan fingerprint density at radius 2 is 1.59 bits per heavy atom. The average Bonchev–Trinajstić information content (AvgIpc) is 2.86. The average molecular weight is 468 g/mol. The van der Waals surface area contributed by atoms with Gasteiger partial charge in [0, 0.05) is 30.8 Å². The van der Waals surface area contributed by atoms with Gasteiger partial charge in [-0.3, -0.25) is 14.2 Å². The Kier molecular flexibility index (Phi) is 8.64. The molecule has 1 amide bonds. The van der Waals surface area contributed by atoms with Crippen molar-refractivity contribution in [3.63, 3.8) is 0 Å². The Balaban J connectivity index is 1.77. The summed E-state index contributed by atoms with van der Waals surface area (Å²) in [5, 5.41) is 12.2. The first-order valence-corrected chi connectivity index (χ1v) is 10.8. The molecule has 3 rings (SSSR count). The van der Waals surface area contributed by atoms with Gasteiger partial charge in [0.25, 0.3) is 5.56 Å². The van der Waals surface area contributed by atoms with Crippen LogP contribution in [0.25, 0.3) is 0 Å². The third-order valence-electron chi connectivity index (χ3n) is 5.29. The third kappa shape index (κ3) is 6.35. The topological polar surface area (TPSA) is 112 Å². The van der Waals surface area contributed by atoms with Crippen molar-refractivity contribution in [2.24, 2.45) is 0 Å². The van der Waals surface area contributed by atoms with E-state index in [1.807, 2.05) is 24.3 Å². The van der Waals surface area contributed by atoms with Gasteiger partial charge >= 0.3 is 0 Å². The minimum Gasteiger partial charge on any atom is -0.497 e. The van der Waals surface area contributed by atoms with E-state index in [4.69, 9.17) is 14.2 Å². The molecule has 0 aliphatic rings. The fourth-order valence-corrected chi connectivity index (χ4v) is 3.39. The number of methoxy groups -OCH3 is 2. The minimum atomic E-state index is -0.366. The molecule has 0 radical (unpaired) electrons. The first kappa shape index (κ1) is 24.8. The van der Waals surface area contributed by atoms with Crippen LogP contribution in [-0.4, -0.2) is 41.4 Å². The van der Waals surface area contributed by atoms with Crippen LogP contribution in [-0.2, 0) is 30.9 Å². The summed E-state index contributed by atoms with van der Waals surface area (Å²) in [7, 11) is 3.17. The zero-order valence-corrected chi connectivity index (χ0v) is 19.5. The third-order valence-corrected chi connectivity index (χ3v) is 5.29. The molecular weight excluding hydrogens is 438 g/mol. The fourth-order valence-electron chi connectivity index (χ4n) is 3.39. The molecule has 3 aromatic rings. The van der Waals surface area contributed by atoms with E-state index in [-0.39, 0.29) is 37.6 Å². The summed E-state index contributed by atoms with van der Waals surface area (Å²) >= 11 is 0. The van der Waals surface area contributed by atoms with E-state index in [1.54, 1.807) is 45.4 Å². The molecule has 9 nitrogen and oxygen atoms in total. The van der Waals surface area contributed by atoms with Gasteiger partial charge in [-0.15, -0.1) is 0 Å². The number of carbonyl (C=O) groups is 1. The Morgan fingerprint density at radius 3 is 2.18 bits per heavy atom. The van der Waals surface area contributed by atoms with Crippen LogP contribution in [0.1, 0.15) is 22.6 Å². The summed E-state index contributed by atoms with van der Waals surface area (Å²) in [5.41, 5.74) is 1.41. The van der Waals surface area contributed by atoms with Crippen molar-refractivity contribution in [3.05, 3.63) is 81.5 Å². The van der Waals surface area contributed by atoms with Crippen LogP contribution in [0, 0.1) is 6.92 Å². The number of aromatic nitrogens is 2. The number of nitrogens with one attached hydrogen (secondary N) is 1. The lowest BCUT2D eigenvalue weighted by Crippen LogP contribution is -2.37. The second-order valence-electron chi connectivity index (χ2n) is 7.55. The summed E-state index contributed by atoms with van der Waals surface area (Å²) in [6.07, 6.45) is 0.157. The van der Waals surface area contributed by atoms with Crippen LogP contribution in [0.4, 0.5) is 0 Å². The molecule has 34 heavy (non-hydrogen) atoms. The number of ether oxygens (including phenoxy) is 3. The number of benzene rings is 2. The molecule has 180 valence electrons. The molecule has 0 atom stereocenters. The predicted molar refractivity (Wildman–Crippen MR) is 126 cm³/mol. The summed E-state index contributed by atoms with van der Waals surface area (Å²) in [6, 6.07) is 14.3. The van der Waals surface area contributed by atoms with Crippen molar-refractivity contribution >= 4 is 5.91 Å². The molecule has 0 spiro atoms. The van der Waals surface area contributed by atoms with Crippen molar-refractivity contribution in [2.45, 2.75) is 33.0 Å². The summed E-state index contributed by atoms with van der Waals surface area (Å²) < 4.78 is 17.4. The molecule has 9 heteroatoms. The molecule has 2 N–H and O–H groups in total. The first-order valence-electron chi connectivity index (χ1n) is 10.8. The molecule has 2 aromatic carbocycles. The van der Waals surface area contributed by atoms with E-state index in [9.17, 15) is 14.7 Å². The molecular formula is C25H29N3O6. The lowest BCUT2D eigenvalue weighted by Gasteiger charge is -2.16. The molecule has 0 aliphatic carbocycles. The second kappa shape index (κ2) is 11.9. The second-order valence-corrected chi connectivity index (χ2v) is 7.55. The highest BCUT2D eigenvalue weighted by Crippen LogP contribution is 2.18. The van der Waals surface area contributed by atoms with Crippen LogP contribution < -0.4 is 25.1 Å². The molecule has 0 saturated heterocycles. The first-order chi connectivity index (χ1) is 16.4. The Morgan fingerprint density at radius 1 is 1.00 bits per heavy atom. The van der Waals surface area contributed by atoms with Gasteiger partial charge in [0.05, 0.1) is 14.2 Å².